The molecule has 3 aromatic rings. The van der Waals surface area contributed by atoms with Crippen LogP contribution in [-0.2, 0) is 20.0 Å². The minimum atomic E-state index is -0.436. The number of pyridine rings is 1. The van der Waals surface area contributed by atoms with E-state index in [0.717, 1.165) is 17.7 Å². The summed E-state index contributed by atoms with van der Waals surface area (Å²) in [6.07, 6.45) is 2.27. The standard InChI is InChI=1S/C18H19N3O4/c1-4-14-11(2)8-13(18(23)21(14)3)17(22)19-10-12-9-16(25-20-12)15-6-5-7-24-15/h5-9H,4,10H2,1-3H3,(H,19,22). The largest absolute Gasteiger partial charge is 0.461 e. The Kier molecular flexibility index (Phi) is 4.56. The zero-order valence-electron chi connectivity index (χ0n) is 14.3. The Labute approximate surface area is 144 Å². The van der Waals surface area contributed by atoms with E-state index in [4.69, 9.17) is 8.94 Å². The van der Waals surface area contributed by atoms with Crippen molar-refractivity contribution < 1.29 is 13.7 Å². The molecule has 1 N–H and O–H groups in total. The summed E-state index contributed by atoms with van der Waals surface area (Å²) in [5.41, 5.74) is 2.18. The predicted molar refractivity (Wildman–Crippen MR) is 91.2 cm³/mol. The molecule has 0 aliphatic heterocycles. The Hall–Kier alpha value is -3.09. The van der Waals surface area contributed by atoms with Crippen molar-refractivity contribution in [3.63, 3.8) is 0 Å². The van der Waals surface area contributed by atoms with E-state index >= 15 is 0 Å². The third-order valence-electron chi connectivity index (χ3n) is 4.09. The van der Waals surface area contributed by atoms with Crippen LogP contribution in [0.1, 0.15) is 34.2 Å². The van der Waals surface area contributed by atoms with Crippen LogP contribution in [0.15, 0.2) is 44.3 Å². The fourth-order valence-corrected chi connectivity index (χ4v) is 2.80. The van der Waals surface area contributed by atoms with Gasteiger partial charge >= 0.3 is 0 Å². The number of aromatic nitrogens is 2. The average Bonchev–Trinajstić information content (AvgIpc) is 3.27. The van der Waals surface area contributed by atoms with Gasteiger partial charge in [0.1, 0.15) is 11.3 Å². The molecule has 0 atom stereocenters. The lowest BCUT2D eigenvalue weighted by Gasteiger charge is -2.12. The highest BCUT2D eigenvalue weighted by Gasteiger charge is 2.16. The molecule has 0 radical (unpaired) electrons. The molecule has 7 heteroatoms. The summed E-state index contributed by atoms with van der Waals surface area (Å²) in [6, 6.07) is 6.82. The number of hydrogen-bond acceptors (Lipinski definition) is 5. The second-order valence-corrected chi connectivity index (χ2v) is 5.75. The van der Waals surface area contributed by atoms with Crippen LogP contribution in [0.2, 0.25) is 0 Å². The highest BCUT2D eigenvalue weighted by molar-refractivity contribution is 5.94. The zero-order chi connectivity index (χ0) is 18.0. The van der Waals surface area contributed by atoms with Gasteiger partial charge in [-0.05, 0) is 37.1 Å². The van der Waals surface area contributed by atoms with Crippen LogP contribution in [0.3, 0.4) is 0 Å². The number of carbonyl (C=O) groups excluding carboxylic acids is 1. The first-order valence-electron chi connectivity index (χ1n) is 7.98. The van der Waals surface area contributed by atoms with Gasteiger partial charge in [0.15, 0.2) is 5.76 Å². The lowest BCUT2D eigenvalue weighted by atomic mass is 10.1. The van der Waals surface area contributed by atoms with Crippen molar-refractivity contribution in [2.45, 2.75) is 26.8 Å². The van der Waals surface area contributed by atoms with Crippen molar-refractivity contribution in [2.75, 3.05) is 0 Å². The van der Waals surface area contributed by atoms with E-state index in [1.165, 1.54) is 10.8 Å². The maximum atomic E-state index is 12.4. The molecule has 0 fully saturated rings. The van der Waals surface area contributed by atoms with Crippen molar-refractivity contribution in [2.24, 2.45) is 7.05 Å². The van der Waals surface area contributed by atoms with E-state index in [1.807, 2.05) is 13.8 Å². The molecule has 3 aromatic heterocycles. The average molecular weight is 341 g/mol. The molecule has 0 aromatic carbocycles. The van der Waals surface area contributed by atoms with Crippen molar-refractivity contribution in [1.82, 2.24) is 15.0 Å². The molecule has 0 bridgehead atoms. The van der Waals surface area contributed by atoms with Gasteiger partial charge in [-0.3, -0.25) is 9.59 Å². The van der Waals surface area contributed by atoms with Crippen LogP contribution >= 0.6 is 0 Å². The normalized spacial score (nSPS) is 10.8. The molecule has 0 saturated heterocycles. The van der Waals surface area contributed by atoms with Crippen molar-refractivity contribution >= 4 is 5.91 Å². The highest BCUT2D eigenvalue weighted by atomic mass is 16.5. The van der Waals surface area contributed by atoms with Gasteiger partial charge in [0.25, 0.3) is 11.5 Å². The van der Waals surface area contributed by atoms with Gasteiger partial charge in [-0.1, -0.05) is 12.1 Å². The summed E-state index contributed by atoms with van der Waals surface area (Å²) in [5.74, 6) is 0.604. The molecule has 25 heavy (non-hydrogen) atoms. The molecule has 3 rings (SSSR count). The smallest absolute Gasteiger partial charge is 0.263 e. The molecule has 3 heterocycles. The predicted octanol–water partition coefficient (Wildman–Crippen LogP) is 2.43. The molecule has 7 nitrogen and oxygen atoms in total. The summed E-state index contributed by atoms with van der Waals surface area (Å²) in [7, 11) is 1.68. The lowest BCUT2D eigenvalue weighted by Crippen LogP contribution is -2.33. The highest BCUT2D eigenvalue weighted by Crippen LogP contribution is 2.20. The maximum Gasteiger partial charge on any atom is 0.263 e. The van der Waals surface area contributed by atoms with E-state index in [2.05, 4.69) is 10.5 Å². The van der Waals surface area contributed by atoms with Crippen LogP contribution in [0.5, 0.6) is 0 Å². The minimum Gasteiger partial charge on any atom is -0.461 e. The number of nitrogens with zero attached hydrogens (tertiary/aromatic N) is 2. The van der Waals surface area contributed by atoms with E-state index in [9.17, 15) is 9.59 Å². The molecule has 1 amide bonds. The first-order chi connectivity index (χ1) is 12.0. The van der Waals surface area contributed by atoms with Crippen LogP contribution < -0.4 is 10.9 Å². The number of nitrogens with one attached hydrogen (secondary N) is 1. The summed E-state index contributed by atoms with van der Waals surface area (Å²) in [6.45, 7) is 4.02. The van der Waals surface area contributed by atoms with Gasteiger partial charge in [-0.25, -0.2) is 0 Å². The van der Waals surface area contributed by atoms with Crippen LogP contribution in [0.25, 0.3) is 11.5 Å². The molecule has 130 valence electrons. The first kappa shape index (κ1) is 16.8. The Bertz CT molecular complexity index is 951. The third-order valence-corrected chi connectivity index (χ3v) is 4.09. The van der Waals surface area contributed by atoms with E-state index < -0.39 is 5.91 Å². The molecular weight excluding hydrogens is 322 g/mol. The third kappa shape index (κ3) is 3.26. The molecule has 0 aliphatic rings. The molecule has 0 aliphatic carbocycles. The summed E-state index contributed by atoms with van der Waals surface area (Å²) in [5, 5.41) is 6.59. The maximum absolute atomic E-state index is 12.4. The summed E-state index contributed by atoms with van der Waals surface area (Å²) < 4.78 is 11.9. The number of furan rings is 1. The molecule has 0 saturated carbocycles. The van der Waals surface area contributed by atoms with Crippen LogP contribution in [-0.4, -0.2) is 15.6 Å². The number of hydrogen-bond donors (Lipinski definition) is 1. The number of aryl methyl sites for hydroxylation is 1. The Morgan fingerprint density at radius 3 is 2.80 bits per heavy atom. The summed E-state index contributed by atoms with van der Waals surface area (Å²) >= 11 is 0. The second kappa shape index (κ2) is 6.80. The first-order valence-corrected chi connectivity index (χ1v) is 7.98. The Morgan fingerprint density at radius 1 is 1.32 bits per heavy atom. The van der Waals surface area contributed by atoms with E-state index in [0.29, 0.717) is 17.2 Å². The fraction of sp³-hybridized carbons (Fsp3) is 0.278. The molecule has 0 spiro atoms. The number of amides is 1. The van der Waals surface area contributed by atoms with Crippen molar-refractivity contribution in [3.05, 3.63) is 63.4 Å². The zero-order valence-corrected chi connectivity index (χ0v) is 14.3. The van der Waals surface area contributed by atoms with Crippen LogP contribution in [0, 0.1) is 6.92 Å². The van der Waals surface area contributed by atoms with E-state index in [-0.39, 0.29) is 17.7 Å². The van der Waals surface area contributed by atoms with Gasteiger partial charge in [-0.2, -0.15) is 0 Å². The lowest BCUT2D eigenvalue weighted by molar-refractivity contribution is 0.0948. The fourth-order valence-electron chi connectivity index (χ4n) is 2.80. The Morgan fingerprint density at radius 2 is 2.12 bits per heavy atom. The number of rotatable bonds is 5. The Balaban J connectivity index is 1.74. The van der Waals surface area contributed by atoms with Gasteiger partial charge in [-0.15, -0.1) is 0 Å². The monoisotopic (exact) mass is 341 g/mol. The topological polar surface area (TPSA) is 90.3 Å². The molecular formula is C18H19N3O4. The second-order valence-electron chi connectivity index (χ2n) is 5.75. The summed E-state index contributed by atoms with van der Waals surface area (Å²) in [4.78, 5) is 24.7. The van der Waals surface area contributed by atoms with Crippen molar-refractivity contribution in [3.8, 4) is 11.5 Å². The van der Waals surface area contributed by atoms with Gasteiger partial charge in [0.2, 0.25) is 5.76 Å². The van der Waals surface area contributed by atoms with E-state index in [1.54, 1.807) is 31.3 Å². The van der Waals surface area contributed by atoms with Gasteiger partial charge < -0.3 is 18.8 Å². The number of carbonyl (C=O) groups is 1. The molecule has 0 unspecified atom stereocenters. The van der Waals surface area contributed by atoms with Gasteiger partial charge in [0.05, 0.1) is 12.8 Å². The van der Waals surface area contributed by atoms with Crippen LogP contribution in [0.4, 0.5) is 0 Å². The quantitative estimate of drug-likeness (QED) is 0.770. The minimum absolute atomic E-state index is 0.118. The SMILES string of the molecule is CCc1c(C)cc(C(=O)NCc2cc(-c3ccco3)on2)c(=O)n1C. The van der Waals surface area contributed by atoms with Gasteiger partial charge in [0, 0.05) is 18.8 Å². The van der Waals surface area contributed by atoms with Crippen molar-refractivity contribution in [1.29, 1.82) is 0 Å².